The van der Waals surface area contributed by atoms with Crippen LogP contribution in [0, 0.1) is 5.41 Å². The summed E-state index contributed by atoms with van der Waals surface area (Å²) in [7, 11) is 0. The molecule has 0 aromatic heterocycles. The van der Waals surface area contributed by atoms with Gasteiger partial charge in [-0.25, -0.2) is 0 Å². The van der Waals surface area contributed by atoms with Crippen LogP contribution in [0.1, 0.15) is 40.5 Å². The summed E-state index contributed by atoms with van der Waals surface area (Å²) in [6, 6.07) is -0.124. The van der Waals surface area contributed by atoms with Crippen molar-refractivity contribution in [2.75, 3.05) is 19.6 Å². The highest BCUT2D eigenvalue weighted by Gasteiger charge is 2.35. The molecular formula is C12H25F3N2. The zero-order valence-corrected chi connectivity index (χ0v) is 11.3. The van der Waals surface area contributed by atoms with Gasteiger partial charge >= 0.3 is 6.18 Å². The van der Waals surface area contributed by atoms with E-state index in [2.05, 4.69) is 0 Å². The van der Waals surface area contributed by atoms with Crippen molar-refractivity contribution in [3.8, 4) is 0 Å². The number of nitrogens with zero attached hydrogens (tertiary/aromatic N) is 1. The van der Waals surface area contributed by atoms with E-state index in [0.717, 1.165) is 12.8 Å². The van der Waals surface area contributed by atoms with Crippen LogP contribution < -0.4 is 5.73 Å². The van der Waals surface area contributed by atoms with Crippen LogP contribution in [-0.4, -0.2) is 36.8 Å². The summed E-state index contributed by atoms with van der Waals surface area (Å²) < 4.78 is 37.4. The average molecular weight is 254 g/mol. The summed E-state index contributed by atoms with van der Waals surface area (Å²) >= 11 is 0. The molecule has 104 valence electrons. The Balaban J connectivity index is 4.74. The monoisotopic (exact) mass is 254 g/mol. The first-order valence-corrected chi connectivity index (χ1v) is 6.20. The molecule has 0 aliphatic heterocycles. The minimum absolute atomic E-state index is 0.124. The Morgan fingerprint density at radius 1 is 1.06 bits per heavy atom. The number of nitrogens with two attached hydrogens (primary N) is 1. The molecule has 0 atom stereocenters. The number of rotatable bonds is 7. The van der Waals surface area contributed by atoms with Crippen LogP contribution in [0.3, 0.4) is 0 Å². The van der Waals surface area contributed by atoms with Gasteiger partial charge in [0, 0.05) is 12.6 Å². The predicted octanol–water partition coefficient (Wildman–Crippen LogP) is 3.02. The Morgan fingerprint density at radius 3 is 1.76 bits per heavy atom. The first kappa shape index (κ1) is 16.7. The molecule has 0 heterocycles. The van der Waals surface area contributed by atoms with E-state index in [0.29, 0.717) is 13.1 Å². The zero-order chi connectivity index (χ0) is 13.7. The molecule has 0 spiro atoms. The maximum atomic E-state index is 12.5. The van der Waals surface area contributed by atoms with Crippen LogP contribution in [0.2, 0.25) is 0 Å². The molecule has 17 heavy (non-hydrogen) atoms. The minimum atomic E-state index is -4.15. The lowest BCUT2D eigenvalue weighted by Gasteiger charge is -2.38. The van der Waals surface area contributed by atoms with E-state index >= 15 is 0 Å². The highest BCUT2D eigenvalue weighted by molar-refractivity contribution is 4.83. The van der Waals surface area contributed by atoms with Gasteiger partial charge < -0.3 is 5.73 Å². The van der Waals surface area contributed by atoms with E-state index in [4.69, 9.17) is 5.73 Å². The van der Waals surface area contributed by atoms with Gasteiger partial charge in [0.25, 0.3) is 0 Å². The summed E-state index contributed by atoms with van der Waals surface area (Å²) in [5, 5.41) is 0. The van der Waals surface area contributed by atoms with Crippen molar-refractivity contribution in [1.29, 1.82) is 0 Å². The second-order valence-corrected chi connectivity index (χ2v) is 5.03. The van der Waals surface area contributed by atoms with Gasteiger partial charge in [0.2, 0.25) is 0 Å². The van der Waals surface area contributed by atoms with Gasteiger partial charge in [-0.05, 0) is 38.6 Å². The lowest BCUT2D eigenvalue weighted by Crippen LogP contribution is -2.48. The maximum absolute atomic E-state index is 12.5. The molecule has 0 bridgehead atoms. The van der Waals surface area contributed by atoms with E-state index in [1.54, 1.807) is 13.8 Å². The molecule has 2 nitrogen and oxygen atoms in total. The quantitative estimate of drug-likeness (QED) is 0.756. The Bertz CT molecular complexity index is 202. The Kier molecular flexibility index (Phi) is 6.48. The van der Waals surface area contributed by atoms with Crippen LogP contribution in [0.15, 0.2) is 0 Å². The van der Waals surface area contributed by atoms with Gasteiger partial charge in [0.1, 0.15) is 0 Å². The van der Waals surface area contributed by atoms with Crippen molar-refractivity contribution < 1.29 is 13.2 Å². The molecule has 0 amide bonds. The molecule has 0 rings (SSSR count). The molecule has 0 aromatic carbocycles. The lowest BCUT2D eigenvalue weighted by molar-refractivity contribution is -0.153. The molecule has 0 aromatic rings. The normalized spacial score (nSPS) is 13.8. The highest BCUT2D eigenvalue weighted by Crippen LogP contribution is 2.28. The molecule has 5 heteroatoms. The largest absolute Gasteiger partial charge is 0.401 e. The first-order valence-electron chi connectivity index (χ1n) is 6.20. The van der Waals surface area contributed by atoms with Gasteiger partial charge in [-0.1, -0.05) is 13.8 Å². The van der Waals surface area contributed by atoms with E-state index in [1.807, 2.05) is 13.8 Å². The molecule has 0 radical (unpaired) electrons. The molecule has 0 saturated heterocycles. The molecule has 0 saturated carbocycles. The SMILES string of the molecule is CCC(CC)(CN)CN(CC(F)(F)F)C(C)C. The average Bonchev–Trinajstić information content (AvgIpc) is 2.23. The highest BCUT2D eigenvalue weighted by atomic mass is 19.4. The van der Waals surface area contributed by atoms with Gasteiger partial charge in [0.05, 0.1) is 6.54 Å². The maximum Gasteiger partial charge on any atom is 0.401 e. The van der Waals surface area contributed by atoms with Crippen LogP contribution in [0.4, 0.5) is 13.2 Å². The van der Waals surface area contributed by atoms with E-state index in [9.17, 15) is 13.2 Å². The molecular weight excluding hydrogens is 229 g/mol. The summed E-state index contributed by atoms with van der Waals surface area (Å²) in [6.45, 7) is 7.54. The summed E-state index contributed by atoms with van der Waals surface area (Å²) in [5.74, 6) is 0. The van der Waals surface area contributed by atoms with Crippen molar-refractivity contribution >= 4 is 0 Å². The van der Waals surface area contributed by atoms with Crippen molar-refractivity contribution in [2.24, 2.45) is 11.1 Å². The summed E-state index contributed by atoms with van der Waals surface area (Å²) in [5.41, 5.74) is 5.53. The number of hydrogen-bond acceptors (Lipinski definition) is 2. The Labute approximate surface area is 102 Å². The second kappa shape index (κ2) is 6.59. The predicted molar refractivity (Wildman–Crippen MR) is 64.8 cm³/mol. The van der Waals surface area contributed by atoms with E-state index < -0.39 is 12.7 Å². The number of hydrogen-bond donors (Lipinski definition) is 1. The fraction of sp³-hybridized carbons (Fsp3) is 1.00. The van der Waals surface area contributed by atoms with Gasteiger partial charge in [-0.3, -0.25) is 4.90 Å². The number of halogens is 3. The van der Waals surface area contributed by atoms with Crippen molar-refractivity contribution in [1.82, 2.24) is 4.90 Å². The second-order valence-electron chi connectivity index (χ2n) is 5.03. The van der Waals surface area contributed by atoms with E-state index in [1.165, 1.54) is 4.90 Å². The Hall–Kier alpha value is -0.290. The van der Waals surface area contributed by atoms with Gasteiger partial charge in [-0.2, -0.15) is 13.2 Å². The fourth-order valence-corrected chi connectivity index (χ4v) is 1.91. The van der Waals surface area contributed by atoms with Crippen LogP contribution >= 0.6 is 0 Å². The first-order chi connectivity index (χ1) is 7.69. The van der Waals surface area contributed by atoms with Crippen LogP contribution in [0.25, 0.3) is 0 Å². The molecule has 0 fully saturated rings. The van der Waals surface area contributed by atoms with E-state index in [-0.39, 0.29) is 11.5 Å². The van der Waals surface area contributed by atoms with Crippen LogP contribution in [0.5, 0.6) is 0 Å². The summed E-state index contributed by atoms with van der Waals surface area (Å²) in [4.78, 5) is 1.47. The number of alkyl halides is 3. The Morgan fingerprint density at radius 2 is 1.53 bits per heavy atom. The molecule has 0 aliphatic carbocycles. The molecule has 0 unspecified atom stereocenters. The third-order valence-corrected chi connectivity index (χ3v) is 3.58. The minimum Gasteiger partial charge on any atom is -0.330 e. The topological polar surface area (TPSA) is 29.3 Å². The molecule has 2 N–H and O–H groups in total. The summed E-state index contributed by atoms with van der Waals surface area (Å²) in [6.07, 6.45) is -2.53. The third kappa shape index (κ3) is 5.73. The smallest absolute Gasteiger partial charge is 0.330 e. The van der Waals surface area contributed by atoms with Crippen molar-refractivity contribution in [3.63, 3.8) is 0 Å². The van der Waals surface area contributed by atoms with Gasteiger partial charge in [0.15, 0.2) is 0 Å². The van der Waals surface area contributed by atoms with Crippen LogP contribution in [-0.2, 0) is 0 Å². The standard InChI is InChI=1S/C12H25F3N2/c1-5-11(6-2,7-16)8-17(10(3)4)9-12(13,14)15/h10H,5-9,16H2,1-4H3. The van der Waals surface area contributed by atoms with Crippen molar-refractivity contribution in [2.45, 2.75) is 52.8 Å². The zero-order valence-electron chi connectivity index (χ0n) is 11.3. The van der Waals surface area contributed by atoms with Crippen molar-refractivity contribution in [3.05, 3.63) is 0 Å². The fourth-order valence-electron chi connectivity index (χ4n) is 1.91. The lowest BCUT2D eigenvalue weighted by atomic mass is 9.81. The third-order valence-electron chi connectivity index (χ3n) is 3.58. The van der Waals surface area contributed by atoms with Gasteiger partial charge in [-0.15, -0.1) is 0 Å². The molecule has 0 aliphatic rings.